The van der Waals surface area contributed by atoms with Gasteiger partial charge in [-0.05, 0) is 44.9 Å². The molecule has 3 fully saturated rings. The molecule has 0 aromatic carbocycles. The third kappa shape index (κ3) is 2.48. The third-order valence-electron chi connectivity index (χ3n) is 5.34. The van der Waals surface area contributed by atoms with Crippen LogP contribution in [0.5, 0.6) is 0 Å². The lowest BCUT2D eigenvalue weighted by Crippen LogP contribution is -2.54. The molecular formula is C16H28N2O2. The summed E-state index contributed by atoms with van der Waals surface area (Å²) in [6.45, 7) is 4.94. The molecule has 4 nitrogen and oxygen atoms in total. The average Bonchev–Trinajstić information content (AvgIpc) is 3.01. The molecule has 3 aliphatic rings. The summed E-state index contributed by atoms with van der Waals surface area (Å²) >= 11 is 0. The molecule has 1 N–H and O–H groups in total. The minimum absolute atomic E-state index is 0.0479. The summed E-state index contributed by atoms with van der Waals surface area (Å²) in [5, 5.41) is 3.61. The molecule has 0 aromatic heterocycles. The van der Waals surface area contributed by atoms with E-state index in [4.69, 9.17) is 4.74 Å². The van der Waals surface area contributed by atoms with E-state index in [1.807, 2.05) is 6.92 Å². The van der Waals surface area contributed by atoms with E-state index in [-0.39, 0.29) is 6.04 Å². The van der Waals surface area contributed by atoms with Crippen molar-refractivity contribution >= 4 is 5.91 Å². The molecule has 1 aliphatic heterocycles. The Hall–Kier alpha value is -0.610. The Kier molecular flexibility index (Phi) is 4.32. The van der Waals surface area contributed by atoms with Gasteiger partial charge >= 0.3 is 0 Å². The van der Waals surface area contributed by atoms with Crippen molar-refractivity contribution in [3.8, 4) is 0 Å². The van der Waals surface area contributed by atoms with Crippen molar-refractivity contribution in [3.63, 3.8) is 0 Å². The lowest BCUT2D eigenvalue weighted by Gasteiger charge is -2.44. The summed E-state index contributed by atoms with van der Waals surface area (Å²) in [6, 6.07) is 0.459. The number of ether oxygens (including phenoxy) is 1. The molecule has 0 spiro atoms. The summed E-state index contributed by atoms with van der Waals surface area (Å²) in [6.07, 6.45) is 8.84. The van der Waals surface area contributed by atoms with Gasteiger partial charge in [0.15, 0.2) is 0 Å². The zero-order valence-corrected chi connectivity index (χ0v) is 12.8. The molecule has 3 rings (SSSR count). The summed E-state index contributed by atoms with van der Waals surface area (Å²) in [5.74, 6) is 1.01. The van der Waals surface area contributed by atoms with Crippen LogP contribution >= 0.6 is 0 Å². The maximum Gasteiger partial charge on any atom is 0.241 e. The van der Waals surface area contributed by atoms with Crippen LogP contribution in [-0.4, -0.2) is 41.8 Å². The number of carbonyl (C=O) groups excluding carboxylic acids is 1. The molecule has 2 saturated carbocycles. The van der Waals surface area contributed by atoms with Gasteiger partial charge in [0, 0.05) is 12.6 Å². The van der Waals surface area contributed by atoms with Crippen molar-refractivity contribution < 1.29 is 9.53 Å². The summed E-state index contributed by atoms with van der Waals surface area (Å²) in [7, 11) is 0. The van der Waals surface area contributed by atoms with Crippen LogP contribution in [0.3, 0.4) is 0 Å². The van der Waals surface area contributed by atoms with Gasteiger partial charge in [-0.25, -0.2) is 0 Å². The van der Waals surface area contributed by atoms with Crippen molar-refractivity contribution in [1.82, 2.24) is 10.2 Å². The van der Waals surface area contributed by atoms with Crippen molar-refractivity contribution in [2.75, 3.05) is 6.61 Å². The lowest BCUT2D eigenvalue weighted by molar-refractivity contribution is -0.139. The number of amides is 1. The number of hydrogen-bond acceptors (Lipinski definition) is 3. The fraction of sp³-hybridized carbons (Fsp3) is 0.938. The van der Waals surface area contributed by atoms with Crippen molar-refractivity contribution in [2.45, 2.75) is 83.1 Å². The van der Waals surface area contributed by atoms with Crippen LogP contribution < -0.4 is 5.32 Å². The minimum Gasteiger partial charge on any atom is -0.378 e. The van der Waals surface area contributed by atoms with Crippen LogP contribution in [0.1, 0.15) is 58.8 Å². The minimum atomic E-state index is 0.0479. The van der Waals surface area contributed by atoms with E-state index in [0.717, 1.165) is 25.9 Å². The van der Waals surface area contributed by atoms with E-state index >= 15 is 0 Å². The summed E-state index contributed by atoms with van der Waals surface area (Å²) in [5.41, 5.74) is 0. The van der Waals surface area contributed by atoms with Gasteiger partial charge in [0.2, 0.25) is 5.91 Å². The molecule has 2 aliphatic carbocycles. The van der Waals surface area contributed by atoms with E-state index in [0.29, 0.717) is 30.1 Å². The van der Waals surface area contributed by atoms with Crippen molar-refractivity contribution in [3.05, 3.63) is 0 Å². The number of carbonyl (C=O) groups is 1. The van der Waals surface area contributed by atoms with Gasteiger partial charge in [0.1, 0.15) is 0 Å². The fourth-order valence-electron chi connectivity index (χ4n) is 4.15. The molecule has 20 heavy (non-hydrogen) atoms. The van der Waals surface area contributed by atoms with Gasteiger partial charge in [0.25, 0.3) is 0 Å². The van der Waals surface area contributed by atoms with E-state index in [9.17, 15) is 4.79 Å². The number of rotatable bonds is 5. The Morgan fingerprint density at radius 3 is 2.55 bits per heavy atom. The highest BCUT2D eigenvalue weighted by Crippen LogP contribution is 2.38. The molecular weight excluding hydrogens is 252 g/mol. The molecule has 0 bridgehead atoms. The zero-order valence-electron chi connectivity index (χ0n) is 12.8. The first-order valence-corrected chi connectivity index (χ1v) is 8.44. The highest BCUT2D eigenvalue weighted by Gasteiger charge is 2.48. The monoisotopic (exact) mass is 280 g/mol. The summed E-state index contributed by atoms with van der Waals surface area (Å²) in [4.78, 5) is 14.8. The Labute approximate surface area is 122 Å². The van der Waals surface area contributed by atoms with E-state index in [1.54, 1.807) is 0 Å². The predicted octanol–water partition coefficient (Wildman–Crippen LogP) is 2.28. The largest absolute Gasteiger partial charge is 0.378 e. The highest BCUT2D eigenvalue weighted by atomic mass is 16.5. The van der Waals surface area contributed by atoms with Crippen LogP contribution in [0.2, 0.25) is 0 Å². The van der Waals surface area contributed by atoms with Gasteiger partial charge in [-0.2, -0.15) is 0 Å². The second-order valence-electron chi connectivity index (χ2n) is 6.56. The molecule has 0 radical (unpaired) electrons. The SMILES string of the molecule is CCOC1CC(N2C(=O)C(CC)NC2C2CCCC2)C1. The number of nitrogens with zero attached hydrogens (tertiary/aromatic N) is 1. The quantitative estimate of drug-likeness (QED) is 0.840. The van der Waals surface area contributed by atoms with Gasteiger partial charge < -0.3 is 9.64 Å². The van der Waals surface area contributed by atoms with E-state index < -0.39 is 0 Å². The first-order chi connectivity index (χ1) is 9.74. The van der Waals surface area contributed by atoms with Crippen molar-refractivity contribution in [1.29, 1.82) is 0 Å². The first kappa shape index (κ1) is 14.3. The molecule has 2 unspecified atom stereocenters. The maximum absolute atomic E-state index is 12.6. The lowest BCUT2D eigenvalue weighted by atomic mass is 9.86. The molecule has 2 atom stereocenters. The zero-order chi connectivity index (χ0) is 14.1. The number of hydrogen-bond donors (Lipinski definition) is 1. The van der Waals surface area contributed by atoms with E-state index in [2.05, 4.69) is 17.1 Å². The Bertz CT molecular complexity index is 348. The maximum atomic E-state index is 12.6. The Balaban J connectivity index is 1.67. The van der Waals surface area contributed by atoms with Gasteiger partial charge in [-0.15, -0.1) is 0 Å². The van der Waals surface area contributed by atoms with Crippen LogP contribution in [0, 0.1) is 5.92 Å². The van der Waals surface area contributed by atoms with Gasteiger partial charge in [-0.1, -0.05) is 19.8 Å². The Morgan fingerprint density at radius 1 is 1.25 bits per heavy atom. The van der Waals surface area contributed by atoms with Crippen LogP contribution in [-0.2, 0) is 9.53 Å². The Morgan fingerprint density at radius 2 is 1.95 bits per heavy atom. The molecule has 114 valence electrons. The highest BCUT2D eigenvalue weighted by molar-refractivity contribution is 5.84. The predicted molar refractivity (Wildman–Crippen MR) is 78.2 cm³/mol. The van der Waals surface area contributed by atoms with Gasteiger partial charge in [-0.3, -0.25) is 10.1 Å². The van der Waals surface area contributed by atoms with Crippen LogP contribution in [0.15, 0.2) is 0 Å². The topological polar surface area (TPSA) is 41.6 Å². The molecule has 1 amide bonds. The molecule has 0 aromatic rings. The van der Waals surface area contributed by atoms with Crippen LogP contribution in [0.4, 0.5) is 0 Å². The third-order valence-corrected chi connectivity index (χ3v) is 5.34. The summed E-state index contributed by atoms with van der Waals surface area (Å²) < 4.78 is 5.66. The number of nitrogens with one attached hydrogen (secondary N) is 1. The standard InChI is InChI=1S/C16H28N2O2/c1-3-14-16(19)18(12-9-13(10-12)20-4-2)15(17-14)11-7-5-6-8-11/h11-15,17H,3-10H2,1-2H3. The first-order valence-electron chi connectivity index (χ1n) is 8.44. The molecule has 4 heteroatoms. The molecule has 1 heterocycles. The molecule has 1 saturated heterocycles. The fourth-order valence-corrected chi connectivity index (χ4v) is 4.15. The van der Waals surface area contributed by atoms with Gasteiger partial charge in [0.05, 0.1) is 18.3 Å². The second-order valence-corrected chi connectivity index (χ2v) is 6.56. The van der Waals surface area contributed by atoms with Crippen LogP contribution in [0.25, 0.3) is 0 Å². The van der Waals surface area contributed by atoms with Crippen molar-refractivity contribution in [2.24, 2.45) is 5.92 Å². The average molecular weight is 280 g/mol. The van der Waals surface area contributed by atoms with E-state index in [1.165, 1.54) is 25.7 Å². The normalized spacial score (nSPS) is 38.5. The second kappa shape index (κ2) is 6.02. The smallest absolute Gasteiger partial charge is 0.241 e.